The van der Waals surface area contributed by atoms with Crippen LogP contribution in [0.4, 0.5) is 0 Å². The SMILES string of the molecule is COCCN1C(=O)c2ccccc2[C@@H](C(=O)NCc2ccccc2Cl)C12CCCC2. The number of amides is 2. The molecular weight excluding hydrogens is 400 g/mol. The molecular formula is C24H27ClN2O3. The third kappa shape index (κ3) is 3.61. The Bertz CT molecular complexity index is 940. The summed E-state index contributed by atoms with van der Waals surface area (Å²) in [6.45, 7) is 1.29. The Morgan fingerprint density at radius 2 is 1.87 bits per heavy atom. The van der Waals surface area contributed by atoms with E-state index in [2.05, 4.69) is 5.32 Å². The van der Waals surface area contributed by atoms with Gasteiger partial charge in [0.1, 0.15) is 0 Å². The lowest BCUT2D eigenvalue weighted by molar-refractivity contribution is -0.126. The average molecular weight is 427 g/mol. The number of benzene rings is 2. The largest absolute Gasteiger partial charge is 0.383 e. The van der Waals surface area contributed by atoms with E-state index in [1.807, 2.05) is 53.4 Å². The molecule has 1 heterocycles. The number of nitrogens with one attached hydrogen (secondary N) is 1. The first kappa shape index (κ1) is 20.9. The van der Waals surface area contributed by atoms with E-state index in [0.717, 1.165) is 36.8 Å². The fourth-order valence-electron chi connectivity index (χ4n) is 5.10. The molecule has 0 saturated heterocycles. The Balaban J connectivity index is 1.71. The molecule has 2 aromatic rings. The van der Waals surface area contributed by atoms with Crippen LogP contribution in [0, 0.1) is 0 Å². The third-order valence-electron chi connectivity index (χ3n) is 6.48. The maximum absolute atomic E-state index is 13.6. The van der Waals surface area contributed by atoms with E-state index in [-0.39, 0.29) is 11.8 Å². The summed E-state index contributed by atoms with van der Waals surface area (Å²) in [5.41, 5.74) is 1.82. The molecule has 1 fully saturated rings. The van der Waals surface area contributed by atoms with Crippen molar-refractivity contribution in [3.63, 3.8) is 0 Å². The molecule has 30 heavy (non-hydrogen) atoms. The summed E-state index contributed by atoms with van der Waals surface area (Å²) in [6, 6.07) is 15.0. The quantitative estimate of drug-likeness (QED) is 0.754. The fourth-order valence-corrected chi connectivity index (χ4v) is 5.30. The minimum Gasteiger partial charge on any atom is -0.383 e. The first-order chi connectivity index (χ1) is 14.6. The monoisotopic (exact) mass is 426 g/mol. The number of nitrogens with zero attached hydrogens (tertiary/aromatic N) is 1. The van der Waals surface area contributed by atoms with Gasteiger partial charge in [-0.1, -0.05) is 60.8 Å². The van der Waals surface area contributed by atoms with Gasteiger partial charge in [-0.25, -0.2) is 0 Å². The summed E-state index contributed by atoms with van der Waals surface area (Å²) in [4.78, 5) is 28.9. The topological polar surface area (TPSA) is 58.6 Å². The van der Waals surface area contributed by atoms with Gasteiger partial charge >= 0.3 is 0 Å². The molecule has 1 saturated carbocycles. The fraction of sp³-hybridized carbons (Fsp3) is 0.417. The molecule has 0 radical (unpaired) electrons. The summed E-state index contributed by atoms with van der Waals surface area (Å²) < 4.78 is 5.29. The van der Waals surface area contributed by atoms with Crippen LogP contribution in [0.3, 0.4) is 0 Å². The summed E-state index contributed by atoms with van der Waals surface area (Å²) in [7, 11) is 1.64. The molecule has 0 aromatic heterocycles. The molecule has 1 N–H and O–H groups in total. The van der Waals surface area contributed by atoms with Crippen molar-refractivity contribution >= 4 is 23.4 Å². The molecule has 2 aliphatic rings. The number of hydrogen-bond acceptors (Lipinski definition) is 3. The van der Waals surface area contributed by atoms with Crippen molar-refractivity contribution in [3.8, 4) is 0 Å². The number of halogens is 1. The van der Waals surface area contributed by atoms with Crippen LogP contribution in [0.25, 0.3) is 0 Å². The second-order valence-corrected chi connectivity index (χ2v) is 8.50. The zero-order valence-electron chi connectivity index (χ0n) is 17.2. The van der Waals surface area contributed by atoms with Crippen LogP contribution in [0.5, 0.6) is 0 Å². The molecule has 158 valence electrons. The van der Waals surface area contributed by atoms with Crippen molar-refractivity contribution in [1.29, 1.82) is 0 Å². The molecule has 2 amide bonds. The third-order valence-corrected chi connectivity index (χ3v) is 6.85. The standard InChI is InChI=1S/C24H27ClN2O3/c1-30-15-14-27-23(29)19-10-4-3-9-18(19)21(24(27)12-6-7-13-24)22(28)26-16-17-8-2-5-11-20(17)25/h2-5,8-11,21H,6-7,12-16H2,1H3,(H,26,28)/t21-/m0/s1. The Morgan fingerprint density at radius 3 is 2.60 bits per heavy atom. The number of ether oxygens (including phenoxy) is 1. The van der Waals surface area contributed by atoms with Crippen molar-refractivity contribution in [1.82, 2.24) is 10.2 Å². The molecule has 1 aliphatic heterocycles. The van der Waals surface area contributed by atoms with E-state index in [1.165, 1.54) is 0 Å². The first-order valence-electron chi connectivity index (χ1n) is 10.5. The van der Waals surface area contributed by atoms with Crippen LogP contribution in [-0.2, 0) is 16.1 Å². The van der Waals surface area contributed by atoms with Crippen LogP contribution in [-0.4, -0.2) is 42.5 Å². The zero-order chi connectivity index (χ0) is 21.1. The van der Waals surface area contributed by atoms with Gasteiger partial charge in [-0.3, -0.25) is 9.59 Å². The van der Waals surface area contributed by atoms with E-state index in [9.17, 15) is 9.59 Å². The van der Waals surface area contributed by atoms with Gasteiger partial charge in [0.05, 0.1) is 18.1 Å². The van der Waals surface area contributed by atoms with E-state index in [1.54, 1.807) is 7.11 Å². The van der Waals surface area contributed by atoms with Crippen molar-refractivity contribution in [2.45, 2.75) is 43.7 Å². The average Bonchev–Trinajstić information content (AvgIpc) is 3.23. The van der Waals surface area contributed by atoms with Crippen LogP contribution in [0.1, 0.15) is 53.1 Å². The molecule has 0 unspecified atom stereocenters. The summed E-state index contributed by atoms with van der Waals surface area (Å²) in [5, 5.41) is 3.73. The molecule has 2 aromatic carbocycles. The highest BCUT2D eigenvalue weighted by Crippen LogP contribution is 2.50. The van der Waals surface area contributed by atoms with Gasteiger partial charge in [0.2, 0.25) is 5.91 Å². The smallest absolute Gasteiger partial charge is 0.254 e. The maximum Gasteiger partial charge on any atom is 0.254 e. The van der Waals surface area contributed by atoms with Crippen molar-refractivity contribution in [3.05, 3.63) is 70.2 Å². The predicted molar refractivity (Wildman–Crippen MR) is 117 cm³/mol. The zero-order valence-corrected chi connectivity index (χ0v) is 18.0. The molecule has 0 bridgehead atoms. The van der Waals surface area contributed by atoms with Gasteiger partial charge in [-0.05, 0) is 36.1 Å². The van der Waals surface area contributed by atoms with Gasteiger partial charge in [-0.2, -0.15) is 0 Å². The molecule has 1 spiro atoms. The van der Waals surface area contributed by atoms with Crippen LogP contribution in [0.15, 0.2) is 48.5 Å². The number of rotatable bonds is 6. The molecule has 5 nitrogen and oxygen atoms in total. The molecule has 4 rings (SSSR count). The summed E-state index contributed by atoms with van der Waals surface area (Å²) in [5.74, 6) is -0.466. The van der Waals surface area contributed by atoms with Crippen LogP contribution >= 0.6 is 11.6 Å². The van der Waals surface area contributed by atoms with E-state index >= 15 is 0 Å². The second kappa shape index (κ2) is 8.78. The number of hydrogen-bond donors (Lipinski definition) is 1. The number of carbonyl (C=O) groups is 2. The maximum atomic E-state index is 13.6. The predicted octanol–water partition coefficient (Wildman–Crippen LogP) is 4.16. The summed E-state index contributed by atoms with van der Waals surface area (Å²) in [6.07, 6.45) is 3.66. The molecule has 1 atom stereocenters. The van der Waals surface area contributed by atoms with E-state index in [0.29, 0.717) is 30.3 Å². The highest BCUT2D eigenvalue weighted by atomic mass is 35.5. The Labute approximate surface area is 182 Å². The normalized spacial score (nSPS) is 19.7. The first-order valence-corrected chi connectivity index (χ1v) is 10.9. The van der Waals surface area contributed by atoms with Gasteiger partial charge < -0.3 is 15.0 Å². The molecule has 6 heteroatoms. The van der Waals surface area contributed by atoms with E-state index < -0.39 is 11.5 Å². The van der Waals surface area contributed by atoms with Crippen LogP contribution < -0.4 is 5.32 Å². The van der Waals surface area contributed by atoms with Gasteiger partial charge in [0.15, 0.2) is 0 Å². The van der Waals surface area contributed by atoms with Gasteiger partial charge in [0, 0.05) is 30.8 Å². The van der Waals surface area contributed by atoms with Crippen molar-refractivity contribution < 1.29 is 14.3 Å². The second-order valence-electron chi connectivity index (χ2n) is 8.09. The minimum absolute atomic E-state index is 0.000274. The summed E-state index contributed by atoms with van der Waals surface area (Å²) >= 11 is 6.28. The minimum atomic E-state index is -0.505. The number of fused-ring (bicyclic) bond motifs is 1. The van der Waals surface area contributed by atoms with E-state index in [4.69, 9.17) is 16.3 Å². The van der Waals surface area contributed by atoms with Crippen LogP contribution in [0.2, 0.25) is 5.02 Å². The van der Waals surface area contributed by atoms with Gasteiger partial charge in [0.25, 0.3) is 5.91 Å². The Kier molecular flexibility index (Phi) is 6.11. The van der Waals surface area contributed by atoms with Crippen molar-refractivity contribution in [2.75, 3.05) is 20.3 Å². The molecule has 1 aliphatic carbocycles. The lowest BCUT2D eigenvalue weighted by atomic mass is 9.71. The Hall–Kier alpha value is -2.37. The number of methoxy groups -OCH3 is 1. The van der Waals surface area contributed by atoms with Gasteiger partial charge in [-0.15, -0.1) is 0 Å². The lowest BCUT2D eigenvalue weighted by Crippen LogP contribution is -2.61. The Morgan fingerprint density at radius 1 is 1.17 bits per heavy atom. The lowest BCUT2D eigenvalue weighted by Gasteiger charge is -2.50. The number of carbonyl (C=O) groups excluding carboxylic acids is 2. The van der Waals surface area contributed by atoms with Crippen molar-refractivity contribution in [2.24, 2.45) is 0 Å². The highest BCUT2D eigenvalue weighted by Gasteiger charge is 2.55. The highest BCUT2D eigenvalue weighted by molar-refractivity contribution is 6.31.